The fourth-order valence-corrected chi connectivity index (χ4v) is 1.56. The monoisotopic (exact) mass is 239 g/mol. The molecule has 1 aromatic heterocycles. The Hall–Kier alpha value is -1.82. The van der Waals surface area contributed by atoms with Crippen LogP contribution in [0.15, 0.2) is 24.5 Å². The summed E-state index contributed by atoms with van der Waals surface area (Å²) in [5, 5.41) is 13.7. The molecule has 1 aromatic carbocycles. The van der Waals surface area contributed by atoms with Crippen LogP contribution in [-0.2, 0) is 13.5 Å². The van der Waals surface area contributed by atoms with Crippen molar-refractivity contribution in [2.24, 2.45) is 7.05 Å². The van der Waals surface area contributed by atoms with Crippen LogP contribution < -0.4 is 0 Å². The third kappa shape index (κ3) is 2.47. The van der Waals surface area contributed by atoms with E-state index in [0.29, 0.717) is 5.82 Å². The summed E-state index contributed by atoms with van der Waals surface area (Å²) in [5.41, 5.74) is -0.0759. The number of aliphatic hydroxyl groups excluding tert-OH is 1. The number of aliphatic hydroxyl groups is 1. The van der Waals surface area contributed by atoms with Crippen LogP contribution >= 0.6 is 0 Å². The second-order valence-electron chi connectivity index (χ2n) is 3.69. The summed E-state index contributed by atoms with van der Waals surface area (Å²) in [7, 11) is 1.66. The van der Waals surface area contributed by atoms with Gasteiger partial charge >= 0.3 is 0 Å². The van der Waals surface area contributed by atoms with Crippen molar-refractivity contribution in [3.63, 3.8) is 0 Å². The largest absolute Gasteiger partial charge is 0.388 e. The molecule has 1 unspecified atom stereocenters. The minimum atomic E-state index is -1.14. The summed E-state index contributed by atoms with van der Waals surface area (Å²) in [4.78, 5) is 3.91. The molecule has 0 fully saturated rings. The van der Waals surface area contributed by atoms with E-state index in [2.05, 4.69) is 10.1 Å². The molecule has 0 saturated heterocycles. The summed E-state index contributed by atoms with van der Waals surface area (Å²) >= 11 is 0. The highest BCUT2D eigenvalue weighted by Crippen LogP contribution is 2.21. The average molecular weight is 239 g/mol. The molecule has 0 aliphatic heterocycles. The van der Waals surface area contributed by atoms with E-state index >= 15 is 0 Å². The van der Waals surface area contributed by atoms with Gasteiger partial charge in [0.05, 0.1) is 6.10 Å². The van der Waals surface area contributed by atoms with Crippen LogP contribution in [-0.4, -0.2) is 19.9 Å². The molecule has 1 atom stereocenters. The lowest BCUT2D eigenvalue weighted by Gasteiger charge is -2.11. The van der Waals surface area contributed by atoms with Crippen molar-refractivity contribution in [3.05, 3.63) is 47.5 Å². The van der Waals surface area contributed by atoms with Crippen LogP contribution in [0.25, 0.3) is 0 Å². The maximum Gasteiger partial charge on any atom is 0.138 e. The predicted molar refractivity (Wildman–Crippen MR) is 56.0 cm³/mol. The number of aryl methyl sites for hydroxylation is 1. The quantitative estimate of drug-likeness (QED) is 0.880. The van der Waals surface area contributed by atoms with Crippen LogP contribution in [0.4, 0.5) is 8.78 Å². The van der Waals surface area contributed by atoms with E-state index < -0.39 is 17.7 Å². The number of hydrogen-bond donors (Lipinski definition) is 1. The van der Waals surface area contributed by atoms with Gasteiger partial charge in [0.15, 0.2) is 0 Å². The fraction of sp³-hybridized carbons (Fsp3) is 0.273. The summed E-state index contributed by atoms with van der Waals surface area (Å²) in [5.74, 6) is -0.722. The molecule has 2 aromatic rings. The minimum Gasteiger partial charge on any atom is -0.388 e. The number of benzene rings is 1. The maximum absolute atomic E-state index is 13.4. The van der Waals surface area contributed by atoms with Gasteiger partial charge in [-0.05, 0) is 18.2 Å². The van der Waals surface area contributed by atoms with Gasteiger partial charge in [-0.1, -0.05) is 0 Å². The molecule has 0 radical (unpaired) electrons. The number of hydrogen-bond acceptors (Lipinski definition) is 3. The van der Waals surface area contributed by atoms with Crippen molar-refractivity contribution >= 4 is 0 Å². The third-order valence-corrected chi connectivity index (χ3v) is 2.50. The number of aromatic nitrogens is 3. The normalized spacial score (nSPS) is 12.7. The zero-order valence-electron chi connectivity index (χ0n) is 9.14. The van der Waals surface area contributed by atoms with Gasteiger partial charge in [0, 0.05) is 19.0 Å². The molecule has 0 aliphatic carbocycles. The highest BCUT2D eigenvalue weighted by atomic mass is 19.1. The van der Waals surface area contributed by atoms with Crippen molar-refractivity contribution in [1.29, 1.82) is 0 Å². The summed E-state index contributed by atoms with van der Waals surface area (Å²) in [6.07, 6.45) is 0.273. The zero-order chi connectivity index (χ0) is 12.4. The average Bonchev–Trinajstić information content (AvgIpc) is 2.68. The van der Waals surface area contributed by atoms with Crippen LogP contribution in [0.5, 0.6) is 0 Å². The van der Waals surface area contributed by atoms with Gasteiger partial charge in [0.1, 0.15) is 23.8 Å². The van der Waals surface area contributed by atoms with E-state index in [0.717, 1.165) is 18.2 Å². The van der Waals surface area contributed by atoms with Gasteiger partial charge in [0.2, 0.25) is 0 Å². The van der Waals surface area contributed by atoms with Gasteiger partial charge < -0.3 is 5.11 Å². The first kappa shape index (κ1) is 11.7. The lowest BCUT2D eigenvalue weighted by molar-refractivity contribution is 0.169. The Bertz CT molecular complexity index is 527. The van der Waals surface area contributed by atoms with Gasteiger partial charge in [-0.2, -0.15) is 5.10 Å². The molecule has 0 saturated carbocycles. The Morgan fingerprint density at radius 3 is 2.82 bits per heavy atom. The molecule has 2 rings (SSSR count). The van der Waals surface area contributed by atoms with E-state index in [4.69, 9.17) is 0 Å². The van der Waals surface area contributed by atoms with Gasteiger partial charge in [0.25, 0.3) is 0 Å². The van der Waals surface area contributed by atoms with E-state index in [1.165, 1.54) is 11.0 Å². The first-order valence-electron chi connectivity index (χ1n) is 5.04. The number of halogens is 2. The number of nitrogens with zero attached hydrogens (tertiary/aromatic N) is 3. The summed E-state index contributed by atoms with van der Waals surface area (Å²) in [6.45, 7) is 0. The first-order valence-corrected chi connectivity index (χ1v) is 5.04. The van der Waals surface area contributed by atoms with Crippen molar-refractivity contribution in [2.75, 3.05) is 0 Å². The Labute approximate surface area is 96.5 Å². The van der Waals surface area contributed by atoms with Crippen molar-refractivity contribution < 1.29 is 13.9 Å². The second kappa shape index (κ2) is 4.58. The first-order chi connectivity index (χ1) is 8.08. The van der Waals surface area contributed by atoms with E-state index in [9.17, 15) is 13.9 Å². The Morgan fingerprint density at radius 1 is 1.41 bits per heavy atom. The summed E-state index contributed by atoms with van der Waals surface area (Å²) < 4.78 is 27.8. The molecular weight excluding hydrogens is 228 g/mol. The topological polar surface area (TPSA) is 50.9 Å². The van der Waals surface area contributed by atoms with Crippen LogP contribution in [0.2, 0.25) is 0 Å². The standard InChI is InChI=1S/C11H11F2N3O/c1-16-11(14-6-15-16)5-10(17)8-4-7(12)2-3-9(8)13/h2-4,6,10,17H,5H2,1H3. The summed E-state index contributed by atoms with van der Waals surface area (Å²) in [6, 6.07) is 2.98. The smallest absolute Gasteiger partial charge is 0.138 e. The van der Waals surface area contributed by atoms with Crippen LogP contribution in [0, 0.1) is 11.6 Å². The Morgan fingerprint density at radius 2 is 2.18 bits per heavy atom. The molecule has 1 N–H and O–H groups in total. The second-order valence-corrected chi connectivity index (χ2v) is 3.69. The molecule has 6 heteroatoms. The molecule has 0 amide bonds. The predicted octanol–water partition coefficient (Wildman–Crippen LogP) is 1.37. The minimum absolute atomic E-state index is 0.0759. The highest BCUT2D eigenvalue weighted by molar-refractivity contribution is 5.21. The lowest BCUT2D eigenvalue weighted by Crippen LogP contribution is -2.09. The van der Waals surface area contributed by atoms with E-state index in [-0.39, 0.29) is 12.0 Å². The highest BCUT2D eigenvalue weighted by Gasteiger charge is 2.16. The van der Waals surface area contributed by atoms with E-state index in [1.54, 1.807) is 7.05 Å². The molecular formula is C11H11F2N3O. The Kier molecular flexibility index (Phi) is 3.14. The van der Waals surface area contributed by atoms with Gasteiger partial charge in [-0.15, -0.1) is 0 Å². The molecule has 1 heterocycles. The zero-order valence-corrected chi connectivity index (χ0v) is 9.14. The van der Waals surface area contributed by atoms with Gasteiger partial charge in [-0.3, -0.25) is 4.68 Å². The molecule has 0 aliphatic rings. The van der Waals surface area contributed by atoms with E-state index in [1.807, 2.05) is 0 Å². The third-order valence-electron chi connectivity index (χ3n) is 2.50. The Balaban J connectivity index is 2.23. The molecule has 0 spiro atoms. The van der Waals surface area contributed by atoms with Crippen molar-refractivity contribution in [2.45, 2.75) is 12.5 Å². The maximum atomic E-state index is 13.4. The van der Waals surface area contributed by atoms with Crippen molar-refractivity contribution in [3.8, 4) is 0 Å². The van der Waals surface area contributed by atoms with Gasteiger partial charge in [-0.25, -0.2) is 13.8 Å². The SMILES string of the molecule is Cn1ncnc1CC(O)c1cc(F)ccc1F. The van der Waals surface area contributed by atoms with Crippen LogP contribution in [0.1, 0.15) is 17.5 Å². The molecule has 17 heavy (non-hydrogen) atoms. The number of rotatable bonds is 3. The molecule has 4 nitrogen and oxygen atoms in total. The lowest BCUT2D eigenvalue weighted by atomic mass is 10.1. The van der Waals surface area contributed by atoms with Crippen LogP contribution in [0.3, 0.4) is 0 Å². The van der Waals surface area contributed by atoms with Crippen molar-refractivity contribution in [1.82, 2.24) is 14.8 Å². The fourth-order valence-electron chi connectivity index (χ4n) is 1.56. The molecule has 0 bridgehead atoms. The molecule has 90 valence electrons.